The van der Waals surface area contributed by atoms with Crippen molar-refractivity contribution in [2.24, 2.45) is 0 Å². The zero-order valence-corrected chi connectivity index (χ0v) is 21.3. The van der Waals surface area contributed by atoms with Gasteiger partial charge in [-0.3, -0.25) is 10.1 Å². The lowest BCUT2D eigenvalue weighted by Gasteiger charge is -2.11. The molecule has 0 spiro atoms. The van der Waals surface area contributed by atoms with Gasteiger partial charge in [-0.25, -0.2) is 0 Å². The van der Waals surface area contributed by atoms with Gasteiger partial charge < -0.3 is 14.2 Å². The number of allylic oxidation sites excluding steroid dienone is 1. The summed E-state index contributed by atoms with van der Waals surface area (Å²) < 4.78 is 16.8. The van der Waals surface area contributed by atoms with Gasteiger partial charge in [-0.15, -0.1) is 10.2 Å². The molecule has 1 aromatic heterocycles. The molecule has 1 N–H and O–H groups in total. The topological polar surface area (TPSA) is 106 Å². The van der Waals surface area contributed by atoms with Crippen molar-refractivity contribution in [3.63, 3.8) is 0 Å². The number of nitrogens with one attached hydrogen (secondary N) is 1. The summed E-state index contributed by atoms with van der Waals surface area (Å²) in [7, 11) is 1.59. The number of rotatable bonds is 10. The van der Waals surface area contributed by atoms with Crippen LogP contribution in [-0.4, -0.2) is 36.4 Å². The highest BCUT2D eigenvalue weighted by Gasteiger charge is 2.14. The van der Waals surface area contributed by atoms with Gasteiger partial charge in [0.05, 0.1) is 12.7 Å². The van der Waals surface area contributed by atoms with Crippen LogP contribution in [0.5, 0.6) is 17.2 Å². The zero-order chi connectivity index (χ0) is 26.0. The van der Waals surface area contributed by atoms with E-state index in [-0.39, 0.29) is 23.2 Å². The minimum Gasteiger partial charge on any atom is -0.497 e. The highest BCUT2D eigenvalue weighted by Crippen LogP contribution is 2.30. The number of anilines is 1. The smallest absolute Gasteiger partial charge is 0.257 e. The van der Waals surface area contributed by atoms with Crippen LogP contribution in [0.1, 0.15) is 20.9 Å². The second-order valence-electron chi connectivity index (χ2n) is 7.46. The number of carbonyl (C=O) groups excluding carboxylic acids is 1. The average Bonchev–Trinajstić information content (AvgIpc) is 3.39. The van der Waals surface area contributed by atoms with Crippen LogP contribution in [0.2, 0.25) is 5.02 Å². The Morgan fingerprint density at radius 2 is 1.81 bits per heavy atom. The third kappa shape index (κ3) is 7.07. The van der Waals surface area contributed by atoms with E-state index >= 15 is 0 Å². The molecule has 186 valence electrons. The Morgan fingerprint density at radius 1 is 1.03 bits per heavy atom. The fraction of sp³-hybridized carbons (Fsp3) is 0.111. The fourth-order valence-electron chi connectivity index (χ4n) is 3.20. The summed E-state index contributed by atoms with van der Waals surface area (Å²) in [4.78, 5) is 12.4. The molecule has 8 nitrogen and oxygen atoms in total. The summed E-state index contributed by atoms with van der Waals surface area (Å²) in [5, 5.41) is 21.6. The summed E-state index contributed by atoms with van der Waals surface area (Å²) in [6.45, 7) is 0.557. The zero-order valence-electron chi connectivity index (χ0n) is 19.7. The molecule has 1 heterocycles. The van der Waals surface area contributed by atoms with Crippen LogP contribution in [0.25, 0.3) is 11.6 Å². The van der Waals surface area contributed by atoms with Crippen molar-refractivity contribution >= 4 is 45.6 Å². The van der Waals surface area contributed by atoms with Gasteiger partial charge in [0.2, 0.25) is 5.13 Å². The molecule has 1 amide bonds. The molecule has 0 atom stereocenters. The highest BCUT2D eigenvalue weighted by atomic mass is 35.5. The summed E-state index contributed by atoms with van der Waals surface area (Å²) in [6, 6.07) is 23.3. The van der Waals surface area contributed by atoms with Gasteiger partial charge in [0, 0.05) is 22.2 Å². The first-order chi connectivity index (χ1) is 18.1. The normalized spacial score (nSPS) is 10.9. The van der Waals surface area contributed by atoms with Crippen LogP contribution in [0.15, 0.2) is 72.8 Å². The van der Waals surface area contributed by atoms with E-state index in [0.717, 1.165) is 11.3 Å². The number of aromatic nitrogens is 2. The molecule has 4 rings (SSSR count). The van der Waals surface area contributed by atoms with E-state index in [1.165, 1.54) is 0 Å². The first kappa shape index (κ1) is 25.7. The molecule has 0 aliphatic carbocycles. The van der Waals surface area contributed by atoms with Crippen LogP contribution >= 0.6 is 22.9 Å². The third-order valence-electron chi connectivity index (χ3n) is 4.95. The number of carbonyl (C=O) groups is 1. The van der Waals surface area contributed by atoms with Gasteiger partial charge >= 0.3 is 0 Å². The van der Waals surface area contributed by atoms with Crippen LogP contribution in [0.4, 0.5) is 5.13 Å². The average molecular weight is 533 g/mol. The summed E-state index contributed by atoms with van der Waals surface area (Å²) in [5.74, 6) is 1.57. The molecule has 4 aromatic rings. The van der Waals surface area contributed by atoms with Crippen molar-refractivity contribution in [2.45, 2.75) is 0 Å². The van der Waals surface area contributed by atoms with E-state index in [9.17, 15) is 10.1 Å². The number of methoxy groups -OCH3 is 1. The first-order valence-electron chi connectivity index (χ1n) is 11.1. The molecule has 0 saturated carbocycles. The molecule has 0 saturated heterocycles. The highest BCUT2D eigenvalue weighted by molar-refractivity contribution is 7.16. The molecule has 0 bridgehead atoms. The van der Waals surface area contributed by atoms with E-state index in [1.807, 2.05) is 24.3 Å². The van der Waals surface area contributed by atoms with Crippen LogP contribution in [-0.2, 0) is 0 Å². The number of amides is 1. The largest absolute Gasteiger partial charge is 0.497 e. The minimum atomic E-state index is -0.313. The van der Waals surface area contributed by atoms with Gasteiger partial charge in [-0.1, -0.05) is 47.2 Å². The fourth-order valence-corrected chi connectivity index (χ4v) is 4.09. The van der Waals surface area contributed by atoms with Crippen LogP contribution in [0.3, 0.4) is 0 Å². The summed E-state index contributed by atoms with van der Waals surface area (Å²) >= 11 is 7.29. The van der Waals surface area contributed by atoms with E-state index in [1.54, 1.807) is 61.7 Å². The van der Waals surface area contributed by atoms with Crippen molar-refractivity contribution < 1.29 is 19.0 Å². The molecular weight excluding hydrogens is 512 g/mol. The van der Waals surface area contributed by atoms with E-state index in [0.29, 0.717) is 45.0 Å². The number of ether oxygens (including phenoxy) is 3. The van der Waals surface area contributed by atoms with Crippen molar-refractivity contribution in [1.82, 2.24) is 10.2 Å². The van der Waals surface area contributed by atoms with E-state index in [4.69, 9.17) is 25.8 Å². The lowest BCUT2D eigenvalue weighted by atomic mass is 10.1. The number of nitrogens with zero attached hydrogens (tertiary/aromatic N) is 3. The van der Waals surface area contributed by atoms with Gasteiger partial charge in [0.1, 0.15) is 36.5 Å². The maximum Gasteiger partial charge on any atom is 0.257 e. The molecule has 0 aliphatic rings. The Labute approximate surface area is 222 Å². The molecule has 0 radical (unpaired) electrons. The predicted octanol–water partition coefficient (Wildman–Crippen LogP) is 5.97. The number of hydrogen-bond donors (Lipinski definition) is 1. The van der Waals surface area contributed by atoms with Crippen molar-refractivity contribution in [3.8, 4) is 23.3 Å². The van der Waals surface area contributed by atoms with Crippen LogP contribution < -0.4 is 19.5 Å². The number of benzene rings is 3. The van der Waals surface area contributed by atoms with Gasteiger partial charge in [-0.05, 0) is 48.5 Å². The molecule has 0 fully saturated rings. The lowest BCUT2D eigenvalue weighted by molar-refractivity contribution is 0.102. The standard InChI is InChI=1S/C27H21ClN4O4S/c1-34-22-8-5-9-23(16-22)35-12-13-36-24-11-10-21(28)15-19(24)14-20(17-29)26-31-32-27(37-26)30-25(33)18-6-3-2-4-7-18/h2-11,14-16H,12-13H2,1H3,(H,30,32,33)/b20-14+. The number of hydrogen-bond acceptors (Lipinski definition) is 8. The lowest BCUT2D eigenvalue weighted by Crippen LogP contribution is -2.11. The van der Waals surface area contributed by atoms with Gasteiger partial charge in [0.25, 0.3) is 5.91 Å². The Bertz CT molecular complexity index is 1450. The Hall–Kier alpha value is -4.39. The molecule has 0 unspecified atom stereocenters. The maximum absolute atomic E-state index is 12.4. The number of nitriles is 1. The SMILES string of the molecule is COc1cccc(OCCOc2ccc(Cl)cc2/C=C(\C#N)c2nnc(NC(=O)c3ccccc3)s2)c1. The maximum atomic E-state index is 12.4. The van der Waals surface area contributed by atoms with Gasteiger partial charge in [-0.2, -0.15) is 5.26 Å². The quantitative estimate of drug-likeness (QED) is 0.198. The molecule has 0 aliphatic heterocycles. The predicted molar refractivity (Wildman–Crippen MR) is 143 cm³/mol. The molecule has 37 heavy (non-hydrogen) atoms. The summed E-state index contributed by atoms with van der Waals surface area (Å²) in [5.41, 5.74) is 1.33. The van der Waals surface area contributed by atoms with E-state index in [2.05, 4.69) is 21.6 Å². The van der Waals surface area contributed by atoms with Crippen molar-refractivity contribution in [1.29, 1.82) is 5.26 Å². The molecule has 3 aromatic carbocycles. The third-order valence-corrected chi connectivity index (χ3v) is 6.06. The number of halogens is 1. The van der Waals surface area contributed by atoms with E-state index < -0.39 is 0 Å². The molecular formula is C27H21ClN4O4S. The van der Waals surface area contributed by atoms with Crippen molar-refractivity contribution in [2.75, 3.05) is 25.6 Å². The minimum absolute atomic E-state index is 0.248. The van der Waals surface area contributed by atoms with Crippen molar-refractivity contribution in [3.05, 3.63) is 94.0 Å². The monoisotopic (exact) mass is 532 g/mol. The first-order valence-corrected chi connectivity index (χ1v) is 12.3. The van der Waals surface area contributed by atoms with Gasteiger partial charge in [0.15, 0.2) is 5.01 Å². The second-order valence-corrected chi connectivity index (χ2v) is 8.87. The Balaban J connectivity index is 1.44. The molecule has 10 heteroatoms. The Kier molecular flexibility index (Phi) is 8.70. The Morgan fingerprint density at radius 3 is 2.59 bits per heavy atom. The summed E-state index contributed by atoms with van der Waals surface area (Å²) in [6.07, 6.45) is 1.62. The van der Waals surface area contributed by atoms with Crippen LogP contribution in [0, 0.1) is 11.3 Å². The second kappa shape index (κ2) is 12.5.